The van der Waals surface area contributed by atoms with Gasteiger partial charge in [0.05, 0.1) is 25.0 Å². The summed E-state index contributed by atoms with van der Waals surface area (Å²) in [5.41, 5.74) is -0.525. The first-order chi connectivity index (χ1) is 26.0. The van der Waals surface area contributed by atoms with E-state index < -0.39 is 5.60 Å². The minimum atomic E-state index is -0.525. The first kappa shape index (κ1) is 52.2. The van der Waals surface area contributed by atoms with Crippen molar-refractivity contribution in [2.75, 3.05) is 26.3 Å². The highest BCUT2D eigenvalue weighted by Gasteiger charge is 2.32. The molecule has 1 amide bonds. The molecule has 0 spiro atoms. The van der Waals surface area contributed by atoms with Gasteiger partial charge in [-0.15, -0.1) is 0 Å². The molecule has 7 heteroatoms. The highest BCUT2D eigenvalue weighted by atomic mass is 16.6. The third-order valence-electron chi connectivity index (χ3n) is 10.8. The molecule has 0 bridgehead atoms. The van der Waals surface area contributed by atoms with Crippen LogP contribution in [0.4, 0.5) is 4.79 Å². The number of hydrogen-bond acceptors (Lipinski definition) is 6. The molecule has 7 nitrogen and oxygen atoms in total. The maximum Gasteiger partial charge on any atom is 0.410 e. The molecule has 4 atom stereocenters. The van der Waals surface area contributed by atoms with Gasteiger partial charge in [0.1, 0.15) is 5.60 Å². The standard InChI is InChI=1S/C45H85NO6.C2H6/c1-8-11-14-17-19-21-28-38(4)42(47)50-33-26-24-29-39-35-40(37-46(36-39)44(49)52-45(5,6)7)30-25-27-34-51-43(48)41(31-22-16-13-10-3)32-23-20-18-15-12-9-2;1-2/h38-41H,8-37H2,1-7H3;1-2H3. The minimum Gasteiger partial charge on any atom is -0.465 e. The number of nitrogens with zero attached hydrogens (tertiary/aromatic N) is 1. The van der Waals surface area contributed by atoms with E-state index >= 15 is 0 Å². The molecule has 1 heterocycles. The van der Waals surface area contributed by atoms with Crippen LogP contribution in [0.3, 0.4) is 0 Å². The molecule has 0 radical (unpaired) electrons. The Morgan fingerprint density at radius 3 is 1.44 bits per heavy atom. The van der Waals surface area contributed by atoms with Gasteiger partial charge in [-0.05, 0) is 96.8 Å². The lowest BCUT2D eigenvalue weighted by Gasteiger charge is -2.38. The van der Waals surface area contributed by atoms with Crippen LogP contribution in [0.25, 0.3) is 0 Å². The second-order valence-corrected chi connectivity index (χ2v) is 17.2. The van der Waals surface area contributed by atoms with E-state index in [9.17, 15) is 14.4 Å². The Bertz CT molecular complexity index is 901. The van der Waals surface area contributed by atoms with Crippen molar-refractivity contribution in [1.82, 2.24) is 4.90 Å². The molecule has 320 valence electrons. The number of carbonyl (C=O) groups is 3. The normalized spacial score (nSPS) is 16.9. The third kappa shape index (κ3) is 28.6. The number of carbonyl (C=O) groups excluding carboxylic acids is 3. The van der Waals surface area contributed by atoms with Crippen LogP contribution in [-0.4, -0.2) is 54.8 Å². The molecule has 0 aliphatic carbocycles. The molecule has 0 saturated carbocycles. The average molecular weight is 766 g/mol. The van der Waals surface area contributed by atoms with Crippen LogP contribution < -0.4 is 0 Å². The minimum absolute atomic E-state index is 0.0110. The summed E-state index contributed by atoms with van der Waals surface area (Å²) in [7, 11) is 0. The first-order valence-corrected chi connectivity index (χ1v) is 23.3. The summed E-state index contributed by atoms with van der Waals surface area (Å²) in [4.78, 5) is 40.6. The van der Waals surface area contributed by atoms with Crippen molar-refractivity contribution < 1.29 is 28.6 Å². The van der Waals surface area contributed by atoms with Gasteiger partial charge in [0.15, 0.2) is 0 Å². The fourth-order valence-electron chi connectivity index (χ4n) is 7.61. The molecule has 1 aliphatic heterocycles. The Morgan fingerprint density at radius 2 is 0.981 bits per heavy atom. The summed E-state index contributed by atoms with van der Waals surface area (Å²) in [5, 5.41) is 0. The summed E-state index contributed by atoms with van der Waals surface area (Å²) >= 11 is 0. The Morgan fingerprint density at radius 1 is 0.574 bits per heavy atom. The van der Waals surface area contributed by atoms with E-state index in [1.807, 2.05) is 46.4 Å². The lowest BCUT2D eigenvalue weighted by molar-refractivity contribution is -0.149. The van der Waals surface area contributed by atoms with Crippen LogP contribution in [-0.2, 0) is 23.8 Å². The molecule has 0 aromatic rings. The smallest absolute Gasteiger partial charge is 0.410 e. The zero-order valence-electron chi connectivity index (χ0n) is 37.4. The van der Waals surface area contributed by atoms with Gasteiger partial charge in [0.2, 0.25) is 0 Å². The molecular formula is C47H91NO6. The highest BCUT2D eigenvalue weighted by Crippen LogP contribution is 2.30. The first-order valence-electron chi connectivity index (χ1n) is 23.3. The van der Waals surface area contributed by atoms with Crippen molar-refractivity contribution in [2.45, 2.75) is 235 Å². The molecule has 0 N–H and O–H groups in total. The number of piperidine rings is 1. The van der Waals surface area contributed by atoms with Crippen molar-refractivity contribution in [3.05, 3.63) is 0 Å². The topological polar surface area (TPSA) is 82.1 Å². The molecular weight excluding hydrogens is 675 g/mol. The van der Waals surface area contributed by atoms with E-state index in [0.717, 1.165) is 96.6 Å². The number of unbranched alkanes of at least 4 members (excludes halogenated alkanes) is 15. The van der Waals surface area contributed by atoms with E-state index in [2.05, 4.69) is 20.8 Å². The summed E-state index contributed by atoms with van der Waals surface area (Å²) < 4.78 is 17.3. The van der Waals surface area contributed by atoms with Crippen molar-refractivity contribution in [2.24, 2.45) is 23.7 Å². The molecule has 0 aromatic heterocycles. The summed E-state index contributed by atoms with van der Waals surface area (Å²) in [6.07, 6.45) is 29.0. The number of hydrogen-bond donors (Lipinski definition) is 0. The van der Waals surface area contributed by atoms with Crippen molar-refractivity contribution in [3.63, 3.8) is 0 Å². The lowest BCUT2D eigenvalue weighted by atomic mass is 9.83. The van der Waals surface area contributed by atoms with Gasteiger partial charge in [0.25, 0.3) is 0 Å². The Hall–Kier alpha value is -1.79. The van der Waals surface area contributed by atoms with E-state index in [1.54, 1.807) is 0 Å². The predicted octanol–water partition coefficient (Wildman–Crippen LogP) is 14.0. The van der Waals surface area contributed by atoms with Gasteiger partial charge in [-0.1, -0.05) is 144 Å². The Kier molecular flexibility index (Phi) is 33.3. The molecule has 54 heavy (non-hydrogen) atoms. The SMILES string of the molecule is CC.CCCCCCCCC(C)C(=O)OCCCCC1CC(CCCCOC(=O)C(CCCCCC)CCCCCCCC)CN(C(=O)OC(C)(C)C)C1. The maximum atomic E-state index is 13.1. The van der Waals surface area contributed by atoms with Crippen LogP contribution in [0.15, 0.2) is 0 Å². The number of ether oxygens (including phenoxy) is 3. The highest BCUT2D eigenvalue weighted by molar-refractivity contribution is 5.72. The maximum absolute atomic E-state index is 13.1. The van der Waals surface area contributed by atoms with Gasteiger partial charge in [0, 0.05) is 13.1 Å². The van der Waals surface area contributed by atoms with Crippen molar-refractivity contribution >= 4 is 18.0 Å². The van der Waals surface area contributed by atoms with E-state index in [-0.39, 0.29) is 29.9 Å². The van der Waals surface area contributed by atoms with Crippen molar-refractivity contribution in [3.8, 4) is 0 Å². The molecule has 0 aromatic carbocycles. The third-order valence-corrected chi connectivity index (χ3v) is 10.8. The second kappa shape index (κ2) is 34.5. The quantitative estimate of drug-likeness (QED) is 0.0397. The van der Waals surface area contributed by atoms with E-state index in [4.69, 9.17) is 14.2 Å². The molecule has 1 rings (SSSR count). The lowest BCUT2D eigenvalue weighted by Crippen LogP contribution is -2.46. The fraction of sp³-hybridized carbons (Fsp3) is 0.936. The summed E-state index contributed by atoms with van der Waals surface area (Å²) in [5.74, 6) is 0.772. The van der Waals surface area contributed by atoms with Crippen LogP contribution in [0.1, 0.15) is 229 Å². The summed E-state index contributed by atoms with van der Waals surface area (Å²) in [6, 6.07) is 0. The number of rotatable bonds is 31. The average Bonchev–Trinajstić information content (AvgIpc) is 3.14. The Labute approximate surface area is 335 Å². The van der Waals surface area contributed by atoms with Crippen molar-refractivity contribution in [1.29, 1.82) is 0 Å². The van der Waals surface area contributed by atoms with Gasteiger partial charge in [-0.3, -0.25) is 9.59 Å². The van der Waals surface area contributed by atoms with E-state index in [1.165, 1.54) is 83.5 Å². The van der Waals surface area contributed by atoms with Crippen LogP contribution in [0.5, 0.6) is 0 Å². The van der Waals surface area contributed by atoms with E-state index in [0.29, 0.717) is 25.0 Å². The molecule has 1 fully saturated rings. The molecule has 1 saturated heterocycles. The number of amides is 1. The van der Waals surface area contributed by atoms with Crippen LogP contribution in [0, 0.1) is 23.7 Å². The zero-order valence-corrected chi connectivity index (χ0v) is 37.4. The van der Waals surface area contributed by atoms with Gasteiger partial charge in [-0.2, -0.15) is 0 Å². The van der Waals surface area contributed by atoms with Gasteiger partial charge in [-0.25, -0.2) is 4.79 Å². The molecule has 4 unspecified atom stereocenters. The Balaban J connectivity index is 0.0000138. The summed E-state index contributed by atoms with van der Waals surface area (Å²) in [6.45, 7) is 20.9. The zero-order chi connectivity index (χ0) is 40.5. The number of likely N-dealkylation sites (tertiary alicyclic amines) is 1. The van der Waals surface area contributed by atoms with Crippen LogP contribution in [0.2, 0.25) is 0 Å². The van der Waals surface area contributed by atoms with Gasteiger partial charge < -0.3 is 19.1 Å². The monoisotopic (exact) mass is 766 g/mol. The largest absolute Gasteiger partial charge is 0.465 e. The van der Waals surface area contributed by atoms with Gasteiger partial charge >= 0.3 is 18.0 Å². The number of esters is 2. The predicted molar refractivity (Wildman–Crippen MR) is 228 cm³/mol. The second-order valence-electron chi connectivity index (χ2n) is 17.2. The van der Waals surface area contributed by atoms with Crippen LogP contribution >= 0.6 is 0 Å². The molecule has 1 aliphatic rings. The fourth-order valence-corrected chi connectivity index (χ4v) is 7.61.